The second kappa shape index (κ2) is 11.4. The van der Waals surface area contributed by atoms with E-state index in [9.17, 15) is 24.3 Å². The molecular weight excluding hydrogens is 514 g/mol. The van der Waals surface area contributed by atoms with Crippen LogP contribution in [0.5, 0.6) is 0 Å². The number of carbonyl (C=O) groups excluding carboxylic acids is 3. The number of hydrogen-bond acceptors (Lipinski definition) is 9. The fraction of sp³-hybridized carbons (Fsp3) is 0.696. The fourth-order valence-corrected chi connectivity index (χ4v) is 3.74. The van der Waals surface area contributed by atoms with Gasteiger partial charge in [-0.15, -0.1) is 4.99 Å². The topological polar surface area (TPSA) is 207 Å². The van der Waals surface area contributed by atoms with E-state index in [1.165, 1.54) is 11.0 Å². The number of carboxylic acid groups (broad SMARTS) is 1. The molecule has 0 aliphatic carbocycles. The minimum absolute atomic E-state index is 0.0280. The highest BCUT2D eigenvalue weighted by Crippen LogP contribution is 2.20. The van der Waals surface area contributed by atoms with Gasteiger partial charge >= 0.3 is 18.3 Å². The molecule has 39 heavy (non-hydrogen) atoms. The number of alkyl carbamates (subject to hydrolysis) is 1. The maximum Gasteiger partial charge on any atom is 0.437 e. The van der Waals surface area contributed by atoms with Crippen LogP contribution < -0.4 is 16.4 Å². The molecule has 0 radical (unpaired) electrons. The zero-order chi connectivity index (χ0) is 29.1. The first-order valence-corrected chi connectivity index (χ1v) is 12.5. The normalized spacial score (nSPS) is 19.9. The SMILES string of the molecule is CC(C)(C)OC(=O)/N=C(\N1CC(CNC(=O)OC(C)(C)C)C1)N(Cc1cnn(C[C@H]2NC(=O)[C@H]2N)n1)C(=O)O. The van der Waals surface area contributed by atoms with E-state index in [0.29, 0.717) is 19.6 Å². The van der Waals surface area contributed by atoms with Crippen LogP contribution in [-0.4, -0.2) is 103 Å². The number of aromatic nitrogens is 3. The number of likely N-dealkylation sites (tertiary alicyclic amines) is 1. The van der Waals surface area contributed by atoms with Gasteiger partial charge in [-0.2, -0.15) is 15.0 Å². The number of carbonyl (C=O) groups is 4. The van der Waals surface area contributed by atoms with E-state index in [1.54, 1.807) is 46.4 Å². The van der Waals surface area contributed by atoms with E-state index in [4.69, 9.17) is 15.2 Å². The lowest BCUT2D eigenvalue weighted by Gasteiger charge is -2.43. The molecule has 1 aromatic heterocycles. The number of hydrogen-bond donors (Lipinski definition) is 4. The second-order valence-electron chi connectivity index (χ2n) is 11.4. The van der Waals surface area contributed by atoms with Crippen molar-refractivity contribution in [2.45, 2.75) is 77.9 Å². The number of nitrogens with one attached hydrogen (secondary N) is 2. The monoisotopic (exact) mass is 551 g/mol. The molecule has 2 fully saturated rings. The number of aliphatic imine (C=N–C) groups is 1. The van der Waals surface area contributed by atoms with Crippen LogP contribution in [0.2, 0.25) is 0 Å². The average molecular weight is 552 g/mol. The number of nitrogens with two attached hydrogens (primary N) is 1. The zero-order valence-electron chi connectivity index (χ0n) is 23.0. The molecule has 2 atom stereocenters. The van der Waals surface area contributed by atoms with E-state index < -0.39 is 35.5 Å². The largest absolute Gasteiger partial charge is 0.465 e. The Hall–Kier alpha value is -3.95. The lowest BCUT2D eigenvalue weighted by Crippen LogP contribution is -2.68. The van der Waals surface area contributed by atoms with Crippen LogP contribution in [0.25, 0.3) is 0 Å². The Bertz CT molecular complexity index is 1120. The van der Waals surface area contributed by atoms with Crippen molar-refractivity contribution in [3.05, 3.63) is 11.9 Å². The molecule has 16 heteroatoms. The summed E-state index contributed by atoms with van der Waals surface area (Å²) in [5, 5.41) is 23.7. The molecule has 2 aliphatic heterocycles. The van der Waals surface area contributed by atoms with E-state index in [0.717, 1.165) is 4.90 Å². The third kappa shape index (κ3) is 8.53. The molecule has 0 aromatic carbocycles. The summed E-state index contributed by atoms with van der Waals surface area (Å²) in [6, 6.07) is -0.989. The van der Waals surface area contributed by atoms with Gasteiger partial charge < -0.3 is 35.8 Å². The average Bonchev–Trinajstić information content (AvgIpc) is 3.19. The number of amides is 4. The molecular formula is C23H37N9O7. The van der Waals surface area contributed by atoms with Gasteiger partial charge in [-0.05, 0) is 41.5 Å². The molecule has 2 aliphatic rings. The Morgan fingerprint density at radius 2 is 1.85 bits per heavy atom. The number of nitrogens with zero attached hydrogens (tertiary/aromatic N) is 6. The van der Waals surface area contributed by atoms with Crippen molar-refractivity contribution in [3.63, 3.8) is 0 Å². The summed E-state index contributed by atoms with van der Waals surface area (Å²) in [7, 11) is 0. The predicted molar refractivity (Wildman–Crippen MR) is 136 cm³/mol. The van der Waals surface area contributed by atoms with Gasteiger partial charge in [0.25, 0.3) is 0 Å². The fourth-order valence-electron chi connectivity index (χ4n) is 3.74. The standard InChI is InChI=1S/C23H37N9O7/c1-22(2,3)38-19(34)25-7-13-9-30(10-13)18(28-20(35)39-23(4,5)6)31(21(36)37)11-14-8-26-32(29-14)12-15-16(24)17(33)27-15/h8,13,15-16H,7,9-12,24H2,1-6H3,(H,25,34)(H,27,33)(H,36,37)/b28-18+/t15-,16+/m1/s1. The maximum absolute atomic E-state index is 12.5. The molecule has 4 amide bonds. The van der Waals surface area contributed by atoms with Gasteiger partial charge in [-0.3, -0.25) is 4.79 Å². The summed E-state index contributed by atoms with van der Waals surface area (Å²) in [6.45, 7) is 11.2. The number of guanidine groups is 1. The minimum atomic E-state index is -1.37. The van der Waals surface area contributed by atoms with Crippen molar-refractivity contribution in [2.75, 3.05) is 19.6 Å². The van der Waals surface area contributed by atoms with Crippen LogP contribution in [0.1, 0.15) is 47.2 Å². The highest BCUT2D eigenvalue weighted by molar-refractivity contribution is 5.98. The van der Waals surface area contributed by atoms with Crippen molar-refractivity contribution in [1.29, 1.82) is 0 Å². The quantitative estimate of drug-likeness (QED) is 0.215. The second-order valence-corrected chi connectivity index (χ2v) is 11.4. The summed E-state index contributed by atoms with van der Waals surface area (Å²) in [6.07, 6.45) is -1.48. The van der Waals surface area contributed by atoms with Crippen molar-refractivity contribution < 1.29 is 33.8 Å². The van der Waals surface area contributed by atoms with Gasteiger partial charge in [0.1, 0.15) is 22.9 Å². The molecule has 0 bridgehead atoms. The number of β-lactam (4-membered cyclic amide) rings is 1. The van der Waals surface area contributed by atoms with E-state index in [-0.39, 0.29) is 42.6 Å². The third-order valence-electron chi connectivity index (χ3n) is 5.56. The first-order chi connectivity index (χ1) is 18.0. The van der Waals surface area contributed by atoms with Crippen molar-refractivity contribution in [3.8, 4) is 0 Å². The summed E-state index contributed by atoms with van der Waals surface area (Å²) in [5.41, 5.74) is 4.56. The molecule has 3 heterocycles. The molecule has 216 valence electrons. The van der Waals surface area contributed by atoms with Gasteiger partial charge in [-0.25, -0.2) is 19.3 Å². The van der Waals surface area contributed by atoms with E-state index in [1.807, 2.05) is 0 Å². The maximum atomic E-state index is 12.5. The molecule has 0 spiro atoms. The van der Waals surface area contributed by atoms with Gasteiger partial charge in [0.15, 0.2) is 0 Å². The summed E-state index contributed by atoms with van der Waals surface area (Å²) >= 11 is 0. The Kier molecular flexibility index (Phi) is 8.67. The lowest BCUT2D eigenvalue weighted by molar-refractivity contribution is -0.130. The zero-order valence-corrected chi connectivity index (χ0v) is 23.0. The Balaban J connectivity index is 1.70. The molecule has 1 aromatic rings. The molecule has 3 rings (SSSR count). The molecule has 5 N–H and O–H groups in total. The van der Waals surface area contributed by atoms with E-state index in [2.05, 4.69) is 25.8 Å². The Morgan fingerprint density at radius 1 is 1.21 bits per heavy atom. The van der Waals surface area contributed by atoms with Crippen LogP contribution in [-0.2, 0) is 27.4 Å². The molecule has 0 saturated carbocycles. The van der Waals surface area contributed by atoms with Crippen LogP contribution in [0.15, 0.2) is 11.2 Å². The van der Waals surface area contributed by atoms with Gasteiger partial charge in [0.2, 0.25) is 11.9 Å². The van der Waals surface area contributed by atoms with E-state index >= 15 is 0 Å². The Labute approximate surface area is 225 Å². The van der Waals surface area contributed by atoms with Crippen molar-refractivity contribution >= 4 is 30.1 Å². The molecule has 16 nitrogen and oxygen atoms in total. The first-order valence-electron chi connectivity index (χ1n) is 12.5. The summed E-state index contributed by atoms with van der Waals surface area (Å²) in [4.78, 5) is 55.9. The van der Waals surface area contributed by atoms with Gasteiger partial charge in [0, 0.05) is 25.6 Å². The number of rotatable bonds is 6. The van der Waals surface area contributed by atoms with Crippen molar-refractivity contribution in [2.24, 2.45) is 16.6 Å². The summed E-state index contributed by atoms with van der Waals surface area (Å²) < 4.78 is 10.5. The van der Waals surface area contributed by atoms with Crippen LogP contribution in [0, 0.1) is 5.92 Å². The van der Waals surface area contributed by atoms with Crippen molar-refractivity contribution in [1.82, 2.24) is 35.4 Å². The Morgan fingerprint density at radius 3 is 2.38 bits per heavy atom. The highest BCUT2D eigenvalue weighted by Gasteiger charge is 2.38. The number of ether oxygens (including phenoxy) is 2. The lowest BCUT2D eigenvalue weighted by atomic mass is 10.0. The summed E-state index contributed by atoms with van der Waals surface area (Å²) in [5.74, 6) is -0.422. The molecule has 0 unspecified atom stereocenters. The highest BCUT2D eigenvalue weighted by atomic mass is 16.6. The third-order valence-corrected chi connectivity index (χ3v) is 5.56. The minimum Gasteiger partial charge on any atom is -0.465 e. The smallest absolute Gasteiger partial charge is 0.437 e. The van der Waals surface area contributed by atoms with Gasteiger partial charge in [-0.1, -0.05) is 0 Å². The molecule has 2 saturated heterocycles. The first kappa shape index (κ1) is 29.6. The van der Waals surface area contributed by atoms with Crippen LogP contribution in [0.3, 0.4) is 0 Å². The van der Waals surface area contributed by atoms with Gasteiger partial charge in [0.05, 0.1) is 25.3 Å². The van der Waals surface area contributed by atoms with Crippen LogP contribution >= 0.6 is 0 Å². The predicted octanol–water partition coefficient (Wildman–Crippen LogP) is 0.331. The van der Waals surface area contributed by atoms with Crippen LogP contribution in [0.4, 0.5) is 14.4 Å².